The fourth-order valence-corrected chi connectivity index (χ4v) is 2.62. The molecule has 0 spiro atoms. The standard InChI is InChI=1S/C10H11F6NO2S/c1-4(2)19-8(18)5-3-20-7(17-5)6(9(11,12)13)10(14,15)16/h4-6H,3H2,1-2H3/t5-/m0/s1. The normalized spacial score (nSPS) is 20.5. The van der Waals surface area contributed by atoms with Crippen LogP contribution in [0.15, 0.2) is 4.99 Å². The van der Waals surface area contributed by atoms with Gasteiger partial charge >= 0.3 is 18.3 Å². The zero-order valence-corrected chi connectivity index (χ0v) is 11.2. The maximum atomic E-state index is 12.5. The van der Waals surface area contributed by atoms with Gasteiger partial charge in [-0.15, -0.1) is 11.8 Å². The molecule has 0 aromatic rings. The Balaban J connectivity index is 2.93. The Morgan fingerprint density at radius 3 is 2.15 bits per heavy atom. The molecule has 20 heavy (non-hydrogen) atoms. The van der Waals surface area contributed by atoms with Gasteiger partial charge in [0.05, 0.1) is 11.1 Å². The van der Waals surface area contributed by atoms with Crippen molar-refractivity contribution in [3.05, 3.63) is 0 Å². The molecule has 116 valence electrons. The van der Waals surface area contributed by atoms with E-state index >= 15 is 0 Å². The maximum Gasteiger partial charge on any atom is 0.406 e. The van der Waals surface area contributed by atoms with Crippen LogP contribution in [0.4, 0.5) is 26.3 Å². The van der Waals surface area contributed by atoms with Crippen LogP contribution in [0.25, 0.3) is 0 Å². The highest BCUT2D eigenvalue weighted by Gasteiger charge is 2.60. The van der Waals surface area contributed by atoms with Crippen molar-refractivity contribution in [1.29, 1.82) is 0 Å². The van der Waals surface area contributed by atoms with Gasteiger partial charge in [0.25, 0.3) is 0 Å². The Bertz CT molecular complexity index is 390. The average molecular weight is 323 g/mol. The number of esters is 1. The molecule has 1 heterocycles. The van der Waals surface area contributed by atoms with Crippen molar-refractivity contribution in [3.63, 3.8) is 0 Å². The molecule has 0 aromatic heterocycles. The predicted octanol–water partition coefficient (Wildman–Crippen LogP) is 3.19. The van der Waals surface area contributed by atoms with Crippen molar-refractivity contribution in [2.24, 2.45) is 10.9 Å². The number of aliphatic imine (C=N–C) groups is 1. The van der Waals surface area contributed by atoms with E-state index in [4.69, 9.17) is 4.74 Å². The Labute approximate surface area is 114 Å². The lowest BCUT2D eigenvalue weighted by Gasteiger charge is -2.22. The van der Waals surface area contributed by atoms with Gasteiger partial charge in [-0.3, -0.25) is 4.99 Å². The van der Waals surface area contributed by atoms with Gasteiger partial charge in [0.1, 0.15) is 0 Å². The highest BCUT2D eigenvalue weighted by atomic mass is 32.2. The van der Waals surface area contributed by atoms with E-state index in [1.807, 2.05) is 0 Å². The van der Waals surface area contributed by atoms with Crippen LogP contribution < -0.4 is 0 Å². The summed E-state index contributed by atoms with van der Waals surface area (Å²) in [5.74, 6) is -4.87. The van der Waals surface area contributed by atoms with E-state index in [0.29, 0.717) is 0 Å². The molecule has 1 aliphatic rings. The summed E-state index contributed by atoms with van der Waals surface area (Å²) in [5, 5.41) is -1.14. The minimum absolute atomic E-state index is 0.277. The SMILES string of the molecule is CC(C)OC(=O)[C@@H]1CSC(C(C(F)(F)F)C(F)(F)F)=N1. The predicted molar refractivity (Wildman–Crippen MR) is 60.5 cm³/mol. The quantitative estimate of drug-likeness (QED) is 0.591. The first kappa shape index (κ1) is 17.1. The molecule has 0 aliphatic carbocycles. The number of hydrogen-bond donors (Lipinski definition) is 0. The van der Waals surface area contributed by atoms with Crippen molar-refractivity contribution in [1.82, 2.24) is 0 Å². The lowest BCUT2D eigenvalue weighted by Crippen LogP contribution is -2.41. The van der Waals surface area contributed by atoms with E-state index in [1.165, 1.54) is 13.8 Å². The third-order valence-corrected chi connectivity index (χ3v) is 3.32. The van der Waals surface area contributed by atoms with Crippen LogP contribution in [0.2, 0.25) is 0 Å². The second-order valence-corrected chi connectivity index (χ2v) is 5.34. The highest BCUT2D eigenvalue weighted by molar-refractivity contribution is 8.14. The molecule has 0 saturated carbocycles. The zero-order chi connectivity index (χ0) is 15.7. The molecule has 1 atom stereocenters. The number of carbonyl (C=O) groups excluding carboxylic acids is 1. The largest absolute Gasteiger partial charge is 0.461 e. The third-order valence-electron chi connectivity index (χ3n) is 2.20. The van der Waals surface area contributed by atoms with E-state index in [-0.39, 0.29) is 17.5 Å². The van der Waals surface area contributed by atoms with Crippen LogP contribution >= 0.6 is 11.8 Å². The number of nitrogens with zero attached hydrogens (tertiary/aromatic N) is 1. The van der Waals surface area contributed by atoms with E-state index in [9.17, 15) is 31.1 Å². The van der Waals surface area contributed by atoms with Crippen molar-refractivity contribution >= 4 is 22.8 Å². The molecule has 0 aromatic carbocycles. The van der Waals surface area contributed by atoms with Gasteiger partial charge < -0.3 is 4.74 Å². The Kier molecular flexibility index (Phi) is 4.99. The molecule has 0 fully saturated rings. The summed E-state index contributed by atoms with van der Waals surface area (Å²) in [6.45, 7) is 3.03. The lowest BCUT2D eigenvalue weighted by molar-refractivity contribution is -0.259. The minimum atomic E-state index is -5.50. The molecule has 10 heteroatoms. The van der Waals surface area contributed by atoms with Gasteiger partial charge in [-0.25, -0.2) is 4.79 Å². The summed E-state index contributed by atoms with van der Waals surface area (Å²) >= 11 is 0.277. The van der Waals surface area contributed by atoms with Gasteiger partial charge in [-0.05, 0) is 13.8 Å². The highest BCUT2D eigenvalue weighted by Crippen LogP contribution is 2.44. The fourth-order valence-electron chi connectivity index (χ4n) is 1.45. The molecule has 0 amide bonds. The van der Waals surface area contributed by atoms with Crippen LogP contribution in [0.3, 0.4) is 0 Å². The molecule has 0 unspecified atom stereocenters. The van der Waals surface area contributed by atoms with Crippen molar-refractivity contribution < 1.29 is 35.9 Å². The monoisotopic (exact) mass is 323 g/mol. The van der Waals surface area contributed by atoms with E-state index < -0.39 is 41.4 Å². The van der Waals surface area contributed by atoms with Crippen LogP contribution in [-0.4, -0.2) is 41.3 Å². The summed E-state index contributed by atoms with van der Waals surface area (Å²) in [6, 6.07) is -1.33. The minimum Gasteiger partial charge on any atom is -0.461 e. The van der Waals surface area contributed by atoms with Crippen molar-refractivity contribution in [3.8, 4) is 0 Å². The number of rotatable bonds is 3. The molecule has 3 nitrogen and oxygen atoms in total. The third kappa shape index (κ3) is 4.29. The molecule has 0 saturated heterocycles. The van der Waals surface area contributed by atoms with Crippen molar-refractivity contribution in [2.45, 2.75) is 38.3 Å². The first-order valence-corrected chi connectivity index (χ1v) is 6.46. The smallest absolute Gasteiger partial charge is 0.406 e. The molecule has 0 N–H and O–H groups in total. The first-order valence-electron chi connectivity index (χ1n) is 5.47. The fraction of sp³-hybridized carbons (Fsp3) is 0.800. The summed E-state index contributed by atoms with van der Waals surface area (Å²) in [7, 11) is 0. The number of ether oxygens (including phenoxy) is 1. The Morgan fingerprint density at radius 2 is 1.75 bits per heavy atom. The van der Waals surface area contributed by atoms with Crippen LogP contribution in [0.5, 0.6) is 0 Å². The molecular weight excluding hydrogens is 312 g/mol. The summed E-state index contributed by atoms with van der Waals surface area (Å²) < 4.78 is 79.6. The summed E-state index contributed by atoms with van der Waals surface area (Å²) in [6.07, 6.45) is -11.5. The van der Waals surface area contributed by atoms with Gasteiger partial charge in [0.15, 0.2) is 12.0 Å². The number of alkyl halides is 6. The molecule has 1 aliphatic heterocycles. The maximum absolute atomic E-state index is 12.5. The second kappa shape index (κ2) is 5.82. The van der Waals surface area contributed by atoms with Gasteiger partial charge in [-0.1, -0.05) is 0 Å². The van der Waals surface area contributed by atoms with Crippen LogP contribution in [0.1, 0.15) is 13.8 Å². The first-order chi connectivity index (χ1) is 8.93. The number of hydrogen-bond acceptors (Lipinski definition) is 4. The van der Waals surface area contributed by atoms with Gasteiger partial charge in [0.2, 0.25) is 0 Å². The second-order valence-electron chi connectivity index (χ2n) is 4.30. The van der Waals surface area contributed by atoms with Crippen LogP contribution in [-0.2, 0) is 9.53 Å². The van der Waals surface area contributed by atoms with Gasteiger partial charge in [0, 0.05) is 5.75 Å². The van der Waals surface area contributed by atoms with E-state index in [1.54, 1.807) is 0 Å². The summed E-state index contributed by atoms with van der Waals surface area (Å²) in [5.41, 5.74) is 0. The van der Waals surface area contributed by atoms with E-state index in [0.717, 1.165) is 0 Å². The number of halogens is 6. The molecular formula is C10H11F6NO2S. The van der Waals surface area contributed by atoms with Crippen LogP contribution in [0, 0.1) is 5.92 Å². The molecule has 1 rings (SSSR count). The number of carbonyl (C=O) groups is 1. The topological polar surface area (TPSA) is 38.7 Å². The van der Waals surface area contributed by atoms with Crippen molar-refractivity contribution in [2.75, 3.05) is 5.75 Å². The zero-order valence-electron chi connectivity index (χ0n) is 10.4. The van der Waals surface area contributed by atoms with Gasteiger partial charge in [-0.2, -0.15) is 26.3 Å². The Morgan fingerprint density at radius 1 is 1.25 bits per heavy atom. The lowest BCUT2D eigenvalue weighted by atomic mass is 10.1. The number of thioether (sulfide) groups is 1. The van der Waals surface area contributed by atoms with E-state index in [2.05, 4.69) is 4.99 Å². The summed E-state index contributed by atoms with van der Waals surface area (Å²) in [4.78, 5) is 14.7. The Hall–Kier alpha value is -0.930. The average Bonchev–Trinajstić information content (AvgIpc) is 2.60. The molecule has 0 radical (unpaired) electrons. The molecule has 0 bridgehead atoms.